The Bertz CT molecular complexity index is 747. The first-order chi connectivity index (χ1) is 13.7. The Morgan fingerprint density at radius 2 is 2.04 bits per heavy atom. The van der Waals surface area contributed by atoms with Gasteiger partial charge >= 0.3 is 0 Å². The summed E-state index contributed by atoms with van der Waals surface area (Å²) in [5.74, 6) is 1.83. The lowest BCUT2D eigenvalue weighted by Crippen LogP contribution is -2.31. The van der Waals surface area contributed by atoms with E-state index in [1.807, 2.05) is 6.92 Å². The minimum atomic E-state index is -0.157. The largest absolute Gasteiger partial charge is 0.384 e. The highest BCUT2D eigenvalue weighted by Gasteiger charge is 2.22. The topological polar surface area (TPSA) is 72.3 Å². The lowest BCUT2D eigenvalue weighted by atomic mass is 10.1. The molecular formula is C21H31N5O2. The first-order valence-electron chi connectivity index (χ1n) is 10.1. The maximum atomic E-state index is 12.0. The highest BCUT2D eigenvalue weighted by atomic mass is 16.5. The third-order valence-electron chi connectivity index (χ3n) is 5.23. The molecule has 1 amide bonds. The molecule has 1 aromatic carbocycles. The molecule has 3 rings (SSSR count). The second-order valence-electron chi connectivity index (χ2n) is 7.34. The molecule has 0 unspecified atom stereocenters. The summed E-state index contributed by atoms with van der Waals surface area (Å²) in [5, 5.41) is 11.7. The molecule has 2 heterocycles. The highest BCUT2D eigenvalue weighted by molar-refractivity contribution is 5.76. The van der Waals surface area contributed by atoms with E-state index in [0.29, 0.717) is 13.0 Å². The molecule has 152 valence electrons. The number of rotatable bonds is 9. The second kappa shape index (κ2) is 10.3. The van der Waals surface area contributed by atoms with Crippen LogP contribution in [0.5, 0.6) is 0 Å². The Morgan fingerprint density at radius 3 is 2.82 bits per heavy atom. The van der Waals surface area contributed by atoms with E-state index in [1.54, 1.807) is 7.11 Å². The van der Waals surface area contributed by atoms with Crippen LogP contribution in [0.3, 0.4) is 0 Å². The van der Waals surface area contributed by atoms with Crippen molar-refractivity contribution in [2.45, 2.75) is 45.2 Å². The fraction of sp³-hybridized carbons (Fsp3) is 0.571. The van der Waals surface area contributed by atoms with Gasteiger partial charge in [-0.3, -0.25) is 4.79 Å². The number of nitrogens with one attached hydrogen (secondary N) is 1. The van der Waals surface area contributed by atoms with Crippen LogP contribution in [-0.4, -0.2) is 58.9 Å². The number of ether oxygens (including phenoxy) is 1. The maximum absolute atomic E-state index is 12.0. The molecule has 7 heteroatoms. The standard InChI is InChI=1S/C21H31N5O2/c1-17(22-20(27)11-16-28-2)21-24-23-19-10-13-25(14-15-26(19)21)12-6-9-18-7-4-3-5-8-18/h3-5,7-8,17H,6,9-16H2,1-2H3,(H,22,27)/t17-/m1/s1. The number of aryl methyl sites for hydroxylation is 1. The van der Waals surface area contributed by atoms with Crippen molar-refractivity contribution < 1.29 is 9.53 Å². The van der Waals surface area contributed by atoms with Crippen molar-refractivity contribution in [3.8, 4) is 0 Å². The van der Waals surface area contributed by atoms with Crippen LogP contribution < -0.4 is 5.32 Å². The van der Waals surface area contributed by atoms with E-state index in [1.165, 1.54) is 5.56 Å². The summed E-state index contributed by atoms with van der Waals surface area (Å²) in [5.41, 5.74) is 1.40. The third kappa shape index (κ3) is 5.62. The third-order valence-corrected chi connectivity index (χ3v) is 5.23. The highest BCUT2D eigenvalue weighted by Crippen LogP contribution is 2.16. The number of methoxy groups -OCH3 is 1. The normalized spacial score (nSPS) is 15.6. The number of benzene rings is 1. The zero-order valence-electron chi connectivity index (χ0n) is 16.9. The van der Waals surface area contributed by atoms with Crippen molar-refractivity contribution in [3.63, 3.8) is 0 Å². The van der Waals surface area contributed by atoms with Crippen LogP contribution >= 0.6 is 0 Å². The summed E-state index contributed by atoms with van der Waals surface area (Å²) in [6.07, 6.45) is 3.52. The number of carbonyl (C=O) groups excluding carboxylic acids is 1. The number of amides is 1. The average molecular weight is 386 g/mol. The molecule has 0 saturated carbocycles. The number of aromatic nitrogens is 3. The van der Waals surface area contributed by atoms with Gasteiger partial charge in [-0.1, -0.05) is 30.3 Å². The molecule has 28 heavy (non-hydrogen) atoms. The first-order valence-corrected chi connectivity index (χ1v) is 10.1. The monoisotopic (exact) mass is 385 g/mol. The van der Waals surface area contributed by atoms with E-state index in [2.05, 4.69) is 55.3 Å². The smallest absolute Gasteiger partial charge is 0.222 e. The van der Waals surface area contributed by atoms with Crippen LogP contribution in [0.4, 0.5) is 0 Å². The number of hydrogen-bond donors (Lipinski definition) is 1. The van der Waals surface area contributed by atoms with Gasteiger partial charge in [0.2, 0.25) is 5.91 Å². The molecule has 7 nitrogen and oxygen atoms in total. The first kappa shape index (κ1) is 20.5. The molecule has 0 spiro atoms. The van der Waals surface area contributed by atoms with E-state index in [-0.39, 0.29) is 11.9 Å². The quantitative estimate of drug-likeness (QED) is 0.715. The number of hydrogen-bond acceptors (Lipinski definition) is 5. The Hall–Kier alpha value is -2.25. The molecule has 1 atom stereocenters. The Balaban J connectivity index is 1.50. The fourth-order valence-corrected chi connectivity index (χ4v) is 3.66. The van der Waals surface area contributed by atoms with Crippen LogP contribution in [0, 0.1) is 0 Å². The summed E-state index contributed by atoms with van der Waals surface area (Å²) in [4.78, 5) is 14.5. The van der Waals surface area contributed by atoms with Gasteiger partial charge in [-0.15, -0.1) is 10.2 Å². The Kier molecular flexibility index (Phi) is 7.56. The van der Waals surface area contributed by atoms with E-state index < -0.39 is 0 Å². The predicted octanol–water partition coefficient (Wildman–Crippen LogP) is 1.98. The summed E-state index contributed by atoms with van der Waals surface area (Å²) in [7, 11) is 1.60. The molecule has 1 N–H and O–H groups in total. The second-order valence-corrected chi connectivity index (χ2v) is 7.34. The van der Waals surface area contributed by atoms with Crippen LogP contribution in [0.1, 0.15) is 43.0 Å². The predicted molar refractivity (Wildman–Crippen MR) is 108 cm³/mol. The SMILES string of the molecule is COCCC(=O)N[C@H](C)c1nnc2n1CCN(CCCc1ccccc1)CC2. The summed E-state index contributed by atoms with van der Waals surface area (Å²) in [6.45, 7) is 6.32. The lowest BCUT2D eigenvalue weighted by Gasteiger charge is -2.20. The molecule has 0 aliphatic carbocycles. The molecular weight excluding hydrogens is 354 g/mol. The fourth-order valence-electron chi connectivity index (χ4n) is 3.66. The van der Waals surface area contributed by atoms with Gasteiger partial charge in [0, 0.05) is 39.6 Å². The van der Waals surface area contributed by atoms with Crippen LogP contribution in [-0.2, 0) is 28.9 Å². The average Bonchev–Trinajstić information content (AvgIpc) is 3.01. The zero-order chi connectivity index (χ0) is 19.8. The zero-order valence-corrected chi connectivity index (χ0v) is 16.9. The van der Waals surface area contributed by atoms with Crippen LogP contribution in [0.2, 0.25) is 0 Å². The van der Waals surface area contributed by atoms with Gasteiger partial charge in [-0.2, -0.15) is 0 Å². The van der Waals surface area contributed by atoms with Crippen LogP contribution in [0.15, 0.2) is 30.3 Å². The molecule has 0 bridgehead atoms. The van der Waals surface area contributed by atoms with Gasteiger partial charge in [0.25, 0.3) is 0 Å². The molecule has 1 aromatic heterocycles. The molecule has 1 aliphatic heterocycles. The molecule has 0 radical (unpaired) electrons. The van der Waals surface area contributed by atoms with E-state index in [0.717, 1.165) is 57.1 Å². The van der Waals surface area contributed by atoms with Gasteiger partial charge in [-0.25, -0.2) is 0 Å². The molecule has 0 fully saturated rings. The van der Waals surface area contributed by atoms with Gasteiger partial charge in [0.15, 0.2) is 5.82 Å². The summed E-state index contributed by atoms with van der Waals surface area (Å²) in [6, 6.07) is 10.5. The van der Waals surface area contributed by atoms with Crippen molar-refractivity contribution in [1.82, 2.24) is 25.0 Å². The molecule has 2 aromatic rings. The minimum Gasteiger partial charge on any atom is -0.384 e. The minimum absolute atomic E-state index is 0.0251. The maximum Gasteiger partial charge on any atom is 0.222 e. The van der Waals surface area contributed by atoms with Crippen molar-refractivity contribution in [2.24, 2.45) is 0 Å². The Labute approximate surface area is 167 Å². The lowest BCUT2D eigenvalue weighted by molar-refractivity contribution is -0.122. The Morgan fingerprint density at radius 1 is 1.21 bits per heavy atom. The molecule has 0 saturated heterocycles. The van der Waals surface area contributed by atoms with Gasteiger partial charge in [0.1, 0.15) is 5.82 Å². The summed E-state index contributed by atoms with van der Waals surface area (Å²) >= 11 is 0. The van der Waals surface area contributed by atoms with Gasteiger partial charge in [0.05, 0.1) is 12.6 Å². The number of nitrogens with zero attached hydrogens (tertiary/aromatic N) is 4. The molecule has 1 aliphatic rings. The van der Waals surface area contributed by atoms with E-state index in [9.17, 15) is 4.79 Å². The number of carbonyl (C=O) groups is 1. The van der Waals surface area contributed by atoms with E-state index >= 15 is 0 Å². The number of fused-ring (bicyclic) bond motifs is 1. The summed E-state index contributed by atoms with van der Waals surface area (Å²) < 4.78 is 7.14. The van der Waals surface area contributed by atoms with Crippen LogP contribution in [0.25, 0.3) is 0 Å². The van der Waals surface area contributed by atoms with Crippen molar-refractivity contribution in [3.05, 3.63) is 47.5 Å². The van der Waals surface area contributed by atoms with Crippen molar-refractivity contribution in [1.29, 1.82) is 0 Å². The van der Waals surface area contributed by atoms with Crippen molar-refractivity contribution >= 4 is 5.91 Å². The van der Waals surface area contributed by atoms with Gasteiger partial charge < -0.3 is 19.5 Å². The van der Waals surface area contributed by atoms with Gasteiger partial charge in [-0.05, 0) is 31.9 Å². The van der Waals surface area contributed by atoms with Crippen molar-refractivity contribution in [2.75, 3.05) is 33.4 Å². The van der Waals surface area contributed by atoms with E-state index in [4.69, 9.17) is 4.74 Å².